The monoisotopic (exact) mass is 332 g/mol. The van der Waals surface area contributed by atoms with Crippen LogP contribution in [0.1, 0.15) is 12.8 Å². The van der Waals surface area contributed by atoms with Crippen LogP contribution in [0, 0.1) is 5.92 Å². The van der Waals surface area contributed by atoms with Gasteiger partial charge >= 0.3 is 5.97 Å². The fourth-order valence-electron chi connectivity index (χ4n) is 3.39. The predicted molar refractivity (Wildman–Crippen MR) is 89.8 cm³/mol. The van der Waals surface area contributed by atoms with E-state index in [0.29, 0.717) is 32.5 Å². The number of hydrogen-bond acceptors (Lipinski definition) is 5. The van der Waals surface area contributed by atoms with Crippen molar-refractivity contribution in [2.45, 2.75) is 12.8 Å². The van der Waals surface area contributed by atoms with Crippen LogP contribution in [0.3, 0.4) is 0 Å². The first-order valence-corrected chi connectivity index (χ1v) is 8.51. The number of rotatable bonds is 4. The van der Waals surface area contributed by atoms with E-state index in [9.17, 15) is 9.59 Å². The van der Waals surface area contributed by atoms with Gasteiger partial charge in [-0.3, -0.25) is 19.5 Å². The lowest BCUT2D eigenvalue weighted by Crippen LogP contribution is -2.51. The fraction of sp³-hybridized carbons (Fsp3) is 0.588. The molecule has 0 spiro atoms. The van der Waals surface area contributed by atoms with Gasteiger partial charge in [-0.2, -0.15) is 0 Å². The standard InChI is InChI=1S/C17H24N4O3/c22-16(21-7-3-14(4-8-21)17(23)24)13-19-9-11-20(12-10-19)15-1-5-18-6-2-15/h1-2,5-6,14H,3-4,7-13H2,(H,23,24). The molecule has 1 N–H and O–H groups in total. The summed E-state index contributed by atoms with van der Waals surface area (Å²) in [6.45, 7) is 5.08. The molecule has 1 amide bonds. The number of piperazine rings is 1. The Bertz CT molecular complexity index is 564. The summed E-state index contributed by atoms with van der Waals surface area (Å²) in [6.07, 6.45) is 4.73. The molecule has 2 fully saturated rings. The van der Waals surface area contributed by atoms with Gasteiger partial charge in [0.15, 0.2) is 0 Å². The Labute approximate surface area is 141 Å². The number of carboxylic acids is 1. The fourth-order valence-corrected chi connectivity index (χ4v) is 3.39. The van der Waals surface area contributed by atoms with E-state index in [1.54, 1.807) is 12.4 Å². The van der Waals surface area contributed by atoms with Gasteiger partial charge in [-0.25, -0.2) is 0 Å². The summed E-state index contributed by atoms with van der Waals surface area (Å²) in [5.74, 6) is -0.913. The number of piperidine rings is 1. The van der Waals surface area contributed by atoms with Crippen molar-refractivity contribution in [2.24, 2.45) is 5.92 Å². The summed E-state index contributed by atoms with van der Waals surface area (Å²) in [5.41, 5.74) is 1.17. The first-order chi connectivity index (χ1) is 11.6. The topological polar surface area (TPSA) is 77.0 Å². The summed E-state index contributed by atoms with van der Waals surface area (Å²) >= 11 is 0. The Kier molecular flexibility index (Phi) is 5.30. The summed E-state index contributed by atoms with van der Waals surface area (Å²) in [5, 5.41) is 9.02. The van der Waals surface area contributed by atoms with E-state index in [2.05, 4.69) is 14.8 Å². The molecule has 2 aliphatic heterocycles. The predicted octanol–water partition coefficient (Wildman–Crippen LogP) is 0.527. The van der Waals surface area contributed by atoms with Crippen LogP contribution in [0.15, 0.2) is 24.5 Å². The van der Waals surface area contributed by atoms with E-state index in [1.165, 1.54) is 5.69 Å². The number of aromatic nitrogens is 1. The molecular formula is C17H24N4O3. The van der Waals surface area contributed by atoms with Crippen molar-refractivity contribution in [3.05, 3.63) is 24.5 Å². The second kappa shape index (κ2) is 7.61. The molecule has 2 saturated heterocycles. The number of carboxylic acid groups (broad SMARTS) is 1. The molecule has 0 radical (unpaired) electrons. The lowest BCUT2D eigenvalue weighted by atomic mass is 9.97. The molecule has 2 aliphatic rings. The summed E-state index contributed by atoms with van der Waals surface area (Å²) < 4.78 is 0. The maximum atomic E-state index is 12.4. The molecule has 7 nitrogen and oxygen atoms in total. The van der Waals surface area contributed by atoms with Crippen LogP contribution in [0.4, 0.5) is 5.69 Å². The molecule has 24 heavy (non-hydrogen) atoms. The van der Waals surface area contributed by atoms with Crippen LogP contribution in [-0.2, 0) is 9.59 Å². The number of amides is 1. The Morgan fingerprint density at radius 1 is 1.04 bits per heavy atom. The molecule has 3 heterocycles. The molecule has 130 valence electrons. The van der Waals surface area contributed by atoms with Gasteiger partial charge in [-0.1, -0.05) is 0 Å². The molecule has 0 aromatic carbocycles. The summed E-state index contributed by atoms with van der Waals surface area (Å²) in [4.78, 5) is 33.7. The highest BCUT2D eigenvalue weighted by Crippen LogP contribution is 2.18. The van der Waals surface area contributed by atoms with E-state index in [0.717, 1.165) is 26.2 Å². The average Bonchev–Trinajstić information content (AvgIpc) is 2.63. The third-order valence-corrected chi connectivity index (χ3v) is 4.96. The van der Waals surface area contributed by atoms with E-state index < -0.39 is 5.97 Å². The first kappa shape index (κ1) is 16.7. The lowest BCUT2D eigenvalue weighted by Gasteiger charge is -2.37. The quantitative estimate of drug-likeness (QED) is 0.867. The van der Waals surface area contributed by atoms with Crippen LogP contribution < -0.4 is 4.90 Å². The largest absolute Gasteiger partial charge is 0.481 e. The molecule has 7 heteroatoms. The molecule has 3 rings (SSSR count). The number of hydrogen-bond donors (Lipinski definition) is 1. The summed E-state index contributed by atoms with van der Waals surface area (Å²) in [6, 6.07) is 4.01. The lowest BCUT2D eigenvalue weighted by molar-refractivity contribution is -0.146. The highest BCUT2D eigenvalue weighted by Gasteiger charge is 2.28. The van der Waals surface area contributed by atoms with Crippen LogP contribution in [0.25, 0.3) is 0 Å². The van der Waals surface area contributed by atoms with E-state index in [1.807, 2.05) is 17.0 Å². The minimum atomic E-state index is -0.741. The number of aliphatic carboxylic acids is 1. The molecule has 0 aliphatic carbocycles. The number of carbonyl (C=O) groups excluding carboxylic acids is 1. The average molecular weight is 332 g/mol. The number of likely N-dealkylation sites (tertiary alicyclic amines) is 1. The Hall–Kier alpha value is -2.15. The zero-order valence-electron chi connectivity index (χ0n) is 13.8. The molecule has 1 aromatic heterocycles. The SMILES string of the molecule is O=C(O)C1CCN(C(=O)CN2CCN(c3ccncc3)CC2)CC1. The maximum absolute atomic E-state index is 12.4. The highest BCUT2D eigenvalue weighted by atomic mass is 16.4. The van der Waals surface area contributed by atoms with Crippen LogP contribution in [0.5, 0.6) is 0 Å². The van der Waals surface area contributed by atoms with E-state index in [-0.39, 0.29) is 11.8 Å². The molecular weight excluding hydrogens is 308 g/mol. The second-order valence-corrected chi connectivity index (χ2v) is 6.46. The van der Waals surface area contributed by atoms with E-state index >= 15 is 0 Å². The Balaban J connectivity index is 1.43. The number of carbonyl (C=O) groups is 2. The molecule has 0 unspecified atom stereocenters. The van der Waals surface area contributed by atoms with Gasteiger partial charge in [0.05, 0.1) is 12.5 Å². The minimum Gasteiger partial charge on any atom is -0.481 e. The second-order valence-electron chi connectivity index (χ2n) is 6.46. The number of nitrogens with zero attached hydrogens (tertiary/aromatic N) is 4. The van der Waals surface area contributed by atoms with Crippen molar-refractivity contribution in [2.75, 3.05) is 50.7 Å². The van der Waals surface area contributed by atoms with Crippen molar-refractivity contribution < 1.29 is 14.7 Å². The molecule has 0 saturated carbocycles. The van der Waals surface area contributed by atoms with Gasteiger partial charge in [0, 0.05) is 57.3 Å². The normalized spacial score (nSPS) is 20.2. The Morgan fingerprint density at radius 2 is 1.67 bits per heavy atom. The van der Waals surface area contributed by atoms with E-state index in [4.69, 9.17) is 5.11 Å². The van der Waals surface area contributed by atoms with Gasteiger partial charge in [-0.15, -0.1) is 0 Å². The maximum Gasteiger partial charge on any atom is 0.306 e. The van der Waals surface area contributed by atoms with Crippen molar-refractivity contribution in [1.82, 2.24) is 14.8 Å². The smallest absolute Gasteiger partial charge is 0.306 e. The zero-order valence-corrected chi connectivity index (χ0v) is 13.8. The first-order valence-electron chi connectivity index (χ1n) is 8.51. The number of pyridine rings is 1. The van der Waals surface area contributed by atoms with Crippen molar-refractivity contribution in [1.29, 1.82) is 0 Å². The van der Waals surface area contributed by atoms with Crippen LogP contribution in [-0.4, -0.2) is 77.6 Å². The van der Waals surface area contributed by atoms with Gasteiger partial charge in [0.1, 0.15) is 0 Å². The van der Waals surface area contributed by atoms with Crippen molar-refractivity contribution in [3.8, 4) is 0 Å². The van der Waals surface area contributed by atoms with Crippen LogP contribution >= 0.6 is 0 Å². The molecule has 0 atom stereocenters. The third kappa shape index (κ3) is 4.03. The molecule has 0 bridgehead atoms. The van der Waals surface area contributed by atoms with Gasteiger partial charge in [0.2, 0.25) is 5.91 Å². The van der Waals surface area contributed by atoms with Crippen molar-refractivity contribution >= 4 is 17.6 Å². The third-order valence-electron chi connectivity index (χ3n) is 4.96. The Morgan fingerprint density at radius 3 is 2.25 bits per heavy atom. The van der Waals surface area contributed by atoms with Gasteiger partial charge in [-0.05, 0) is 25.0 Å². The van der Waals surface area contributed by atoms with Crippen LogP contribution in [0.2, 0.25) is 0 Å². The van der Waals surface area contributed by atoms with Gasteiger partial charge in [0.25, 0.3) is 0 Å². The zero-order chi connectivity index (χ0) is 16.9. The van der Waals surface area contributed by atoms with Gasteiger partial charge < -0.3 is 14.9 Å². The van der Waals surface area contributed by atoms with Crippen molar-refractivity contribution in [3.63, 3.8) is 0 Å². The number of anilines is 1. The minimum absolute atomic E-state index is 0.121. The molecule has 1 aromatic rings. The highest BCUT2D eigenvalue weighted by molar-refractivity contribution is 5.79. The summed E-state index contributed by atoms with van der Waals surface area (Å²) in [7, 11) is 0.